The third-order valence-corrected chi connectivity index (χ3v) is 2.50. The topological polar surface area (TPSA) is 47.6 Å². The average molecular weight is 316 g/mol. The summed E-state index contributed by atoms with van der Waals surface area (Å²) in [5.41, 5.74) is 0.145. The van der Waals surface area contributed by atoms with E-state index in [1.807, 2.05) is 27.7 Å². The van der Waals surface area contributed by atoms with E-state index in [1.54, 1.807) is 18.2 Å². The van der Waals surface area contributed by atoms with Crippen LogP contribution in [0.5, 0.6) is 5.75 Å². The Bertz CT molecular complexity index is 427. The first-order valence-electron chi connectivity index (χ1n) is 5.74. The normalized spacial score (nSPS) is 10.9. The van der Waals surface area contributed by atoms with Crippen LogP contribution >= 0.6 is 15.9 Å². The van der Waals surface area contributed by atoms with Gasteiger partial charge in [0, 0.05) is 5.69 Å². The van der Waals surface area contributed by atoms with E-state index in [9.17, 15) is 4.79 Å². The van der Waals surface area contributed by atoms with Crippen LogP contribution in [-0.4, -0.2) is 18.3 Å². The number of amides is 1. The summed E-state index contributed by atoms with van der Waals surface area (Å²) in [6, 6.07) is 5.33. The molecule has 0 bridgehead atoms. The van der Waals surface area contributed by atoms with Gasteiger partial charge in [0.1, 0.15) is 11.4 Å². The molecular formula is C13H18BrNO3. The maximum absolute atomic E-state index is 11.6. The Morgan fingerprint density at radius 1 is 1.39 bits per heavy atom. The number of nitrogens with one attached hydrogen (secondary N) is 1. The van der Waals surface area contributed by atoms with Crippen molar-refractivity contribution in [3.8, 4) is 5.75 Å². The molecule has 0 unspecified atom stereocenters. The average Bonchev–Trinajstić information content (AvgIpc) is 2.19. The standard InChI is InChI=1S/C13H18BrNO3/c1-5-17-11-7-6-9(8-10(11)14)15-12(16)18-13(2,3)4/h6-8H,5H2,1-4H3,(H,15,16). The Hall–Kier alpha value is -1.23. The van der Waals surface area contributed by atoms with Crippen molar-refractivity contribution in [3.05, 3.63) is 22.7 Å². The van der Waals surface area contributed by atoms with Gasteiger partial charge in [-0.1, -0.05) is 0 Å². The summed E-state index contributed by atoms with van der Waals surface area (Å²) in [6.07, 6.45) is -0.474. The number of carbonyl (C=O) groups excluding carboxylic acids is 1. The van der Waals surface area contributed by atoms with Crippen molar-refractivity contribution < 1.29 is 14.3 Å². The molecule has 0 saturated carbocycles. The van der Waals surface area contributed by atoms with Gasteiger partial charge in [-0.3, -0.25) is 5.32 Å². The van der Waals surface area contributed by atoms with Crippen molar-refractivity contribution in [2.75, 3.05) is 11.9 Å². The molecule has 5 heteroatoms. The summed E-state index contributed by atoms with van der Waals surface area (Å²) in [5, 5.41) is 2.66. The molecule has 0 aromatic heterocycles. The number of hydrogen-bond donors (Lipinski definition) is 1. The van der Waals surface area contributed by atoms with E-state index < -0.39 is 11.7 Å². The second-order valence-corrected chi connectivity index (χ2v) is 5.56. The van der Waals surface area contributed by atoms with Crippen molar-refractivity contribution in [3.63, 3.8) is 0 Å². The van der Waals surface area contributed by atoms with E-state index in [4.69, 9.17) is 9.47 Å². The molecule has 4 nitrogen and oxygen atoms in total. The molecule has 1 amide bonds. The molecule has 1 rings (SSSR count). The van der Waals surface area contributed by atoms with Gasteiger partial charge in [0.15, 0.2) is 0 Å². The fraction of sp³-hybridized carbons (Fsp3) is 0.462. The highest BCUT2D eigenvalue weighted by molar-refractivity contribution is 9.10. The summed E-state index contributed by atoms with van der Waals surface area (Å²) in [7, 11) is 0. The van der Waals surface area contributed by atoms with Gasteiger partial charge >= 0.3 is 6.09 Å². The van der Waals surface area contributed by atoms with Crippen LogP contribution < -0.4 is 10.1 Å². The molecule has 0 atom stereocenters. The lowest BCUT2D eigenvalue weighted by atomic mass is 10.2. The van der Waals surface area contributed by atoms with Gasteiger partial charge in [0.2, 0.25) is 0 Å². The van der Waals surface area contributed by atoms with Crippen LogP contribution in [0.4, 0.5) is 10.5 Å². The highest BCUT2D eigenvalue weighted by atomic mass is 79.9. The fourth-order valence-corrected chi connectivity index (χ4v) is 1.77. The van der Waals surface area contributed by atoms with Gasteiger partial charge < -0.3 is 9.47 Å². The zero-order valence-corrected chi connectivity index (χ0v) is 12.6. The summed E-state index contributed by atoms with van der Waals surface area (Å²) < 4.78 is 11.3. The van der Waals surface area contributed by atoms with Crippen LogP contribution in [0, 0.1) is 0 Å². The molecule has 0 heterocycles. The minimum Gasteiger partial charge on any atom is -0.493 e. The number of anilines is 1. The van der Waals surface area contributed by atoms with E-state index in [0.29, 0.717) is 12.3 Å². The molecule has 0 spiro atoms. The zero-order chi connectivity index (χ0) is 13.8. The first kappa shape index (κ1) is 14.8. The maximum atomic E-state index is 11.6. The molecule has 0 radical (unpaired) electrons. The van der Waals surface area contributed by atoms with Crippen molar-refractivity contribution in [2.24, 2.45) is 0 Å². The second-order valence-electron chi connectivity index (χ2n) is 4.71. The van der Waals surface area contributed by atoms with Crippen LogP contribution in [0.1, 0.15) is 27.7 Å². The third-order valence-electron chi connectivity index (χ3n) is 1.88. The van der Waals surface area contributed by atoms with E-state index in [-0.39, 0.29) is 0 Å². The molecule has 1 N–H and O–H groups in total. The predicted molar refractivity (Wildman–Crippen MR) is 75.2 cm³/mol. The van der Waals surface area contributed by atoms with E-state index >= 15 is 0 Å². The summed E-state index contributed by atoms with van der Waals surface area (Å²) in [6.45, 7) is 7.97. The van der Waals surface area contributed by atoms with E-state index in [2.05, 4.69) is 21.2 Å². The Kier molecular flexibility index (Phi) is 5.02. The molecule has 0 fully saturated rings. The van der Waals surface area contributed by atoms with Crippen LogP contribution in [0.25, 0.3) is 0 Å². The Labute approximate surface area is 116 Å². The molecule has 0 saturated heterocycles. The van der Waals surface area contributed by atoms with Gasteiger partial charge in [-0.2, -0.15) is 0 Å². The molecule has 18 heavy (non-hydrogen) atoms. The molecule has 0 aliphatic rings. The van der Waals surface area contributed by atoms with Crippen molar-refractivity contribution in [1.82, 2.24) is 0 Å². The highest BCUT2D eigenvalue weighted by Gasteiger charge is 2.16. The number of rotatable bonds is 3. The minimum atomic E-state index is -0.507. The lowest BCUT2D eigenvalue weighted by molar-refractivity contribution is 0.0636. The molecule has 1 aromatic carbocycles. The van der Waals surface area contributed by atoms with Crippen LogP contribution in [0.15, 0.2) is 22.7 Å². The van der Waals surface area contributed by atoms with Crippen molar-refractivity contribution >= 4 is 27.7 Å². The smallest absolute Gasteiger partial charge is 0.412 e. The highest BCUT2D eigenvalue weighted by Crippen LogP contribution is 2.28. The molecule has 0 aliphatic carbocycles. The lowest BCUT2D eigenvalue weighted by Crippen LogP contribution is -2.27. The van der Waals surface area contributed by atoms with Gasteiger partial charge in [0.25, 0.3) is 0 Å². The van der Waals surface area contributed by atoms with Gasteiger partial charge in [-0.15, -0.1) is 0 Å². The molecule has 0 aliphatic heterocycles. The number of hydrogen-bond acceptors (Lipinski definition) is 3. The molecule has 1 aromatic rings. The van der Waals surface area contributed by atoms with Crippen LogP contribution in [0.2, 0.25) is 0 Å². The number of halogens is 1. The van der Waals surface area contributed by atoms with Crippen LogP contribution in [-0.2, 0) is 4.74 Å². The summed E-state index contributed by atoms with van der Waals surface area (Å²) in [4.78, 5) is 11.6. The molecule has 100 valence electrons. The minimum absolute atomic E-state index is 0.474. The predicted octanol–water partition coefficient (Wildman–Crippen LogP) is 4.19. The quantitative estimate of drug-likeness (QED) is 0.909. The zero-order valence-electron chi connectivity index (χ0n) is 11.0. The van der Waals surface area contributed by atoms with Gasteiger partial charge in [-0.25, -0.2) is 4.79 Å². The SMILES string of the molecule is CCOc1ccc(NC(=O)OC(C)(C)C)cc1Br. The fourth-order valence-electron chi connectivity index (χ4n) is 1.27. The van der Waals surface area contributed by atoms with Gasteiger partial charge in [0.05, 0.1) is 11.1 Å². The first-order valence-corrected chi connectivity index (χ1v) is 6.53. The maximum Gasteiger partial charge on any atom is 0.412 e. The largest absolute Gasteiger partial charge is 0.493 e. The summed E-state index contributed by atoms with van der Waals surface area (Å²) >= 11 is 3.38. The monoisotopic (exact) mass is 315 g/mol. The van der Waals surface area contributed by atoms with Crippen LogP contribution in [0.3, 0.4) is 0 Å². The Morgan fingerprint density at radius 3 is 2.56 bits per heavy atom. The number of carbonyl (C=O) groups is 1. The third kappa shape index (κ3) is 4.96. The lowest BCUT2D eigenvalue weighted by Gasteiger charge is -2.19. The van der Waals surface area contributed by atoms with Gasteiger partial charge in [-0.05, 0) is 61.8 Å². The number of ether oxygens (including phenoxy) is 2. The van der Waals surface area contributed by atoms with Crippen molar-refractivity contribution in [2.45, 2.75) is 33.3 Å². The van der Waals surface area contributed by atoms with E-state index in [1.165, 1.54) is 0 Å². The molecular weight excluding hydrogens is 298 g/mol. The summed E-state index contributed by atoms with van der Waals surface area (Å²) in [5.74, 6) is 0.743. The Balaban J connectivity index is 2.69. The first-order chi connectivity index (χ1) is 8.31. The number of benzene rings is 1. The van der Waals surface area contributed by atoms with Crippen molar-refractivity contribution in [1.29, 1.82) is 0 Å². The second kappa shape index (κ2) is 6.09. The van der Waals surface area contributed by atoms with E-state index in [0.717, 1.165) is 10.2 Å². The Morgan fingerprint density at radius 2 is 2.06 bits per heavy atom.